The summed E-state index contributed by atoms with van der Waals surface area (Å²) >= 11 is 0. The minimum absolute atomic E-state index is 0.258. The quantitative estimate of drug-likeness (QED) is 0.425. The van der Waals surface area contributed by atoms with Crippen molar-refractivity contribution in [1.82, 2.24) is 15.0 Å². The van der Waals surface area contributed by atoms with E-state index in [1.165, 1.54) is 7.05 Å². The number of aromatic amines is 1. The summed E-state index contributed by atoms with van der Waals surface area (Å²) in [6.45, 7) is 0.258. The van der Waals surface area contributed by atoms with Crippen LogP contribution in [0.2, 0.25) is 0 Å². The number of imidazole rings is 1. The number of carboxylic acid groups (broad SMARTS) is 3. The van der Waals surface area contributed by atoms with Crippen LogP contribution in [0, 0.1) is 0 Å². The van der Waals surface area contributed by atoms with Gasteiger partial charge in [0.2, 0.25) is 0 Å². The molecule has 0 aliphatic carbocycles. The molecule has 0 bridgehead atoms. The molecule has 24 heavy (non-hydrogen) atoms. The van der Waals surface area contributed by atoms with Crippen molar-refractivity contribution in [3.05, 3.63) is 30.1 Å². The number of aromatic nitrogens is 2. The van der Waals surface area contributed by atoms with Gasteiger partial charge in [-0.15, -0.1) is 5.06 Å². The molecule has 0 spiro atoms. The SMILES string of the molecule is CN(Cc1ccc2nc[nH]c2c1)OC(=O)C(=O)[O-].O=C([O-])C(=O)[O-]. The number of nitrogens with zero attached hydrogens (tertiary/aromatic N) is 2. The Balaban J connectivity index is 0.000000413. The first kappa shape index (κ1) is 18.6. The highest BCUT2D eigenvalue weighted by Gasteiger charge is 2.09. The standard InChI is InChI=1S/C11H11N3O4.C2H2O4/c1-14(18-11(17)10(15)16)5-7-2-3-8-9(4-7)13-6-12-8;3-1(4)2(5)6/h2-4,6H,5H2,1H3,(H,12,13)(H,15,16);(H,3,4)(H,5,6)/p-3. The summed E-state index contributed by atoms with van der Waals surface area (Å²) in [6, 6.07) is 5.47. The molecule has 0 saturated heterocycles. The van der Waals surface area contributed by atoms with E-state index in [1.807, 2.05) is 18.2 Å². The lowest BCUT2D eigenvalue weighted by Crippen LogP contribution is -2.42. The zero-order valence-electron chi connectivity index (χ0n) is 12.2. The van der Waals surface area contributed by atoms with E-state index in [4.69, 9.17) is 19.8 Å². The molecule has 2 aromatic rings. The third kappa shape index (κ3) is 5.73. The lowest BCUT2D eigenvalue weighted by Gasteiger charge is -2.16. The normalized spacial score (nSPS) is 9.92. The van der Waals surface area contributed by atoms with Crippen molar-refractivity contribution in [1.29, 1.82) is 0 Å². The molecule has 1 aromatic carbocycles. The summed E-state index contributed by atoms with van der Waals surface area (Å²) in [4.78, 5) is 50.4. The number of hydrogen-bond donors (Lipinski definition) is 1. The molecule has 0 amide bonds. The second kappa shape index (κ2) is 8.24. The Bertz CT molecular complexity index is 757. The van der Waals surface area contributed by atoms with Crippen LogP contribution in [0.15, 0.2) is 24.5 Å². The highest BCUT2D eigenvalue weighted by molar-refractivity contribution is 6.27. The molecule has 0 radical (unpaired) electrons. The maximum absolute atomic E-state index is 10.8. The molecule has 0 saturated carbocycles. The number of carbonyl (C=O) groups is 4. The number of aliphatic carboxylic acids is 3. The molecule has 1 N–H and O–H groups in total. The highest BCUT2D eigenvalue weighted by Crippen LogP contribution is 2.12. The van der Waals surface area contributed by atoms with Crippen molar-refractivity contribution >= 4 is 34.9 Å². The van der Waals surface area contributed by atoms with Gasteiger partial charge in [-0.1, -0.05) is 6.07 Å². The molecule has 0 fully saturated rings. The number of H-pyrrole nitrogens is 1. The van der Waals surface area contributed by atoms with Crippen LogP contribution in [0.3, 0.4) is 0 Å². The Morgan fingerprint density at radius 2 is 1.75 bits per heavy atom. The van der Waals surface area contributed by atoms with Crippen molar-refractivity contribution in [2.75, 3.05) is 7.05 Å². The minimum Gasteiger partial charge on any atom is -0.543 e. The molecule has 2 rings (SSSR count). The van der Waals surface area contributed by atoms with Gasteiger partial charge in [-0.3, -0.25) is 0 Å². The Morgan fingerprint density at radius 3 is 2.29 bits per heavy atom. The molecule has 11 nitrogen and oxygen atoms in total. The van der Waals surface area contributed by atoms with Crippen molar-refractivity contribution < 1.29 is 39.3 Å². The number of hydroxylamine groups is 2. The fourth-order valence-corrected chi connectivity index (χ4v) is 1.55. The molecular formula is C13H10N3O8-3. The molecule has 0 aliphatic rings. The van der Waals surface area contributed by atoms with E-state index in [0.717, 1.165) is 21.7 Å². The van der Waals surface area contributed by atoms with Gasteiger partial charge in [0.05, 0.1) is 35.8 Å². The Labute approximate surface area is 134 Å². The first-order valence-electron chi connectivity index (χ1n) is 6.19. The van der Waals surface area contributed by atoms with Crippen LogP contribution < -0.4 is 15.3 Å². The molecule has 1 aromatic heterocycles. The van der Waals surface area contributed by atoms with Gasteiger partial charge in [-0.05, 0) is 17.7 Å². The summed E-state index contributed by atoms with van der Waals surface area (Å²) in [5.41, 5.74) is 2.53. The number of nitrogens with one attached hydrogen (secondary N) is 1. The van der Waals surface area contributed by atoms with E-state index < -0.39 is 23.9 Å². The number of rotatable bonds is 3. The summed E-state index contributed by atoms with van der Waals surface area (Å²) in [5.74, 6) is -7.66. The smallest absolute Gasteiger partial charge is 0.372 e. The monoisotopic (exact) mass is 336 g/mol. The van der Waals surface area contributed by atoms with Crippen molar-refractivity contribution in [2.24, 2.45) is 0 Å². The molecule has 0 aliphatic heterocycles. The van der Waals surface area contributed by atoms with Gasteiger partial charge in [0.25, 0.3) is 0 Å². The zero-order valence-corrected chi connectivity index (χ0v) is 12.2. The van der Waals surface area contributed by atoms with E-state index in [0.29, 0.717) is 0 Å². The Kier molecular flexibility index (Phi) is 6.38. The number of carbonyl (C=O) groups excluding carboxylic acids is 4. The maximum Gasteiger partial charge on any atom is 0.372 e. The van der Waals surface area contributed by atoms with Gasteiger partial charge in [0.15, 0.2) is 5.97 Å². The Morgan fingerprint density at radius 1 is 1.12 bits per heavy atom. The summed E-state index contributed by atoms with van der Waals surface area (Å²) in [6.07, 6.45) is 1.58. The molecular weight excluding hydrogens is 326 g/mol. The molecule has 0 unspecified atom stereocenters. The predicted octanol–water partition coefficient (Wildman–Crippen LogP) is -4.31. The van der Waals surface area contributed by atoms with Gasteiger partial charge >= 0.3 is 5.97 Å². The van der Waals surface area contributed by atoms with E-state index in [1.54, 1.807) is 6.33 Å². The third-order valence-electron chi connectivity index (χ3n) is 2.46. The number of carboxylic acids is 3. The molecule has 0 atom stereocenters. The molecule has 128 valence electrons. The average molecular weight is 336 g/mol. The van der Waals surface area contributed by atoms with Crippen molar-refractivity contribution in [2.45, 2.75) is 6.54 Å². The van der Waals surface area contributed by atoms with Crippen LogP contribution in [-0.2, 0) is 30.6 Å². The Hall–Kier alpha value is -3.47. The average Bonchev–Trinajstić information content (AvgIpc) is 2.94. The van der Waals surface area contributed by atoms with Gasteiger partial charge in [-0.25, -0.2) is 9.78 Å². The van der Waals surface area contributed by atoms with Crippen LogP contribution in [-0.4, -0.2) is 46.0 Å². The predicted molar refractivity (Wildman–Crippen MR) is 68.7 cm³/mol. The molecule has 11 heteroatoms. The van der Waals surface area contributed by atoms with E-state index >= 15 is 0 Å². The number of benzene rings is 1. The van der Waals surface area contributed by atoms with E-state index in [9.17, 15) is 14.7 Å². The third-order valence-corrected chi connectivity index (χ3v) is 2.46. The number of hydrogen-bond acceptors (Lipinski definition) is 10. The first-order chi connectivity index (χ1) is 11.2. The zero-order chi connectivity index (χ0) is 18.3. The first-order valence-corrected chi connectivity index (χ1v) is 6.19. The van der Waals surface area contributed by atoms with Crippen LogP contribution >= 0.6 is 0 Å². The molecule has 1 heterocycles. The minimum atomic E-state index is -2.19. The fraction of sp³-hybridized carbons (Fsp3) is 0.154. The van der Waals surface area contributed by atoms with Crippen molar-refractivity contribution in [3.63, 3.8) is 0 Å². The summed E-state index contributed by atoms with van der Waals surface area (Å²) in [5, 5.41) is 29.2. The lowest BCUT2D eigenvalue weighted by atomic mass is 10.2. The second-order valence-electron chi connectivity index (χ2n) is 4.28. The lowest BCUT2D eigenvalue weighted by molar-refractivity contribution is -0.345. The van der Waals surface area contributed by atoms with Gasteiger partial charge in [0.1, 0.15) is 0 Å². The second-order valence-corrected chi connectivity index (χ2v) is 4.28. The van der Waals surface area contributed by atoms with Crippen LogP contribution in [0.5, 0.6) is 0 Å². The fourth-order valence-electron chi connectivity index (χ4n) is 1.55. The van der Waals surface area contributed by atoms with E-state index in [2.05, 4.69) is 14.8 Å². The van der Waals surface area contributed by atoms with E-state index in [-0.39, 0.29) is 6.54 Å². The van der Waals surface area contributed by atoms with Crippen molar-refractivity contribution in [3.8, 4) is 0 Å². The van der Waals surface area contributed by atoms with Gasteiger partial charge in [-0.2, -0.15) is 0 Å². The topological polar surface area (TPSA) is 179 Å². The van der Waals surface area contributed by atoms with Gasteiger partial charge in [0, 0.05) is 7.05 Å². The number of fused-ring (bicyclic) bond motifs is 1. The highest BCUT2D eigenvalue weighted by atomic mass is 16.7. The maximum atomic E-state index is 10.8. The largest absolute Gasteiger partial charge is 0.543 e. The summed E-state index contributed by atoms with van der Waals surface area (Å²) in [7, 11) is 1.46. The van der Waals surface area contributed by atoms with Gasteiger partial charge < -0.3 is 39.5 Å². The van der Waals surface area contributed by atoms with Crippen LogP contribution in [0.4, 0.5) is 0 Å². The van der Waals surface area contributed by atoms with Crippen LogP contribution in [0.1, 0.15) is 5.56 Å². The summed E-state index contributed by atoms with van der Waals surface area (Å²) < 4.78 is 0. The van der Waals surface area contributed by atoms with Crippen LogP contribution in [0.25, 0.3) is 11.0 Å².